The van der Waals surface area contributed by atoms with Crippen molar-refractivity contribution in [1.82, 2.24) is 24.7 Å². The van der Waals surface area contributed by atoms with E-state index in [0.717, 1.165) is 57.5 Å². The van der Waals surface area contributed by atoms with Crippen LogP contribution in [0, 0.1) is 19.8 Å². The van der Waals surface area contributed by atoms with E-state index in [0.29, 0.717) is 24.0 Å². The number of aromatic amines is 1. The fraction of sp³-hybridized carbons (Fsp3) is 0.312. The van der Waals surface area contributed by atoms with E-state index in [1.54, 1.807) is 17.0 Å². The molecule has 2 N–H and O–H groups in total. The number of H-pyrrole nitrogens is 1. The predicted octanol–water partition coefficient (Wildman–Crippen LogP) is 7.18. The molecule has 200 valence electrons. The second kappa shape index (κ2) is 10.8. The number of carbonyl (C=O) groups is 1. The molecule has 7 nitrogen and oxygen atoms in total. The van der Waals surface area contributed by atoms with E-state index in [2.05, 4.69) is 52.4 Å². The second-order valence-electron chi connectivity index (χ2n) is 10.9. The van der Waals surface area contributed by atoms with Crippen LogP contribution in [0.4, 0.5) is 11.6 Å². The summed E-state index contributed by atoms with van der Waals surface area (Å²) in [5.74, 6) is 1.06. The molecule has 1 unspecified atom stereocenters. The van der Waals surface area contributed by atoms with Gasteiger partial charge < -0.3 is 10.3 Å². The van der Waals surface area contributed by atoms with Gasteiger partial charge in [-0.25, -0.2) is 9.97 Å². The Hall–Kier alpha value is -4.26. The minimum Gasteiger partial charge on any atom is -0.352 e. The molecule has 4 aromatic rings. The van der Waals surface area contributed by atoms with Gasteiger partial charge in [-0.3, -0.25) is 9.48 Å². The van der Waals surface area contributed by atoms with Gasteiger partial charge in [0.1, 0.15) is 0 Å². The van der Waals surface area contributed by atoms with Crippen LogP contribution in [-0.4, -0.2) is 30.5 Å². The minimum atomic E-state index is -0.0366. The first-order valence-corrected chi connectivity index (χ1v) is 13.5. The Morgan fingerprint density at radius 3 is 2.82 bits per heavy atom. The predicted molar refractivity (Wildman–Crippen MR) is 158 cm³/mol. The highest BCUT2D eigenvalue weighted by Gasteiger charge is 2.14. The first-order valence-electron chi connectivity index (χ1n) is 13.5. The summed E-state index contributed by atoms with van der Waals surface area (Å²) in [4.78, 5) is 25.7. The Morgan fingerprint density at radius 2 is 2.05 bits per heavy atom. The molecule has 0 spiro atoms. The Balaban J connectivity index is 1.35. The summed E-state index contributed by atoms with van der Waals surface area (Å²) in [7, 11) is 1.91. The van der Waals surface area contributed by atoms with Crippen LogP contribution in [-0.2, 0) is 13.5 Å². The molecular weight excluding hydrogens is 484 g/mol. The number of rotatable bonds is 7. The lowest BCUT2D eigenvalue weighted by atomic mass is 10.0. The molecule has 0 fully saturated rings. The van der Waals surface area contributed by atoms with Gasteiger partial charge in [0.25, 0.3) is 0 Å². The number of fused-ring (bicyclic) bond motifs is 1. The lowest BCUT2D eigenvalue weighted by Crippen LogP contribution is -2.00. The zero-order chi connectivity index (χ0) is 27.7. The van der Waals surface area contributed by atoms with Gasteiger partial charge in [-0.2, -0.15) is 5.10 Å². The average Bonchev–Trinajstić information content (AvgIpc) is 3.38. The molecule has 1 aromatic carbocycles. The molecule has 3 aromatic heterocycles. The molecule has 39 heavy (non-hydrogen) atoms. The van der Waals surface area contributed by atoms with Crippen molar-refractivity contribution in [1.29, 1.82) is 0 Å². The molecule has 1 atom stereocenters. The largest absolute Gasteiger partial charge is 0.352 e. The molecule has 0 saturated heterocycles. The van der Waals surface area contributed by atoms with E-state index >= 15 is 0 Å². The summed E-state index contributed by atoms with van der Waals surface area (Å²) in [5.41, 5.74) is 10.1. The number of benzene rings is 1. The van der Waals surface area contributed by atoms with Crippen LogP contribution in [0.2, 0.25) is 0 Å². The summed E-state index contributed by atoms with van der Waals surface area (Å²) in [5, 5.41) is 8.73. The quantitative estimate of drug-likeness (QED) is 0.153. The number of ketones is 1. The van der Waals surface area contributed by atoms with Crippen LogP contribution in [0.5, 0.6) is 0 Å². The summed E-state index contributed by atoms with van der Waals surface area (Å²) >= 11 is 0. The van der Waals surface area contributed by atoms with Crippen LogP contribution < -0.4 is 5.32 Å². The molecule has 5 rings (SSSR count). The van der Waals surface area contributed by atoms with Crippen LogP contribution in [0.1, 0.15) is 66.6 Å². The average molecular weight is 521 g/mol. The monoisotopic (exact) mass is 520 g/mol. The number of hydrogen-bond acceptors (Lipinski definition) is 5. The van der Waals surface area contributed by atoms with Gasteiger partial charge in [-0.05, 0) is 99.9 Å². The number of nitrogens with one attached hydrogen (secondary N) is 2. The molecule has 0 bridgehead atoms. The number of hydrogen-bond donors (Lipinski definition) is 2. The van der Waals surface area contributed by atoms with Gasteiger partial charge in [0.15, 0.2) is 0 Å². The molecule has 7 heteroatoms. The SMILES string of the molecule is CC1=CC(C)CC=C(c2ccnc(Nc3cc(C)c4[nH]c(C(=O)/C=C(/C)Cc5cn(C)nc5C)cc4c3)n2)C1. The number of aromatic nitrogens is 5. The third kappa shape index (κ3) is 6.08. The van der Waals surface area contributed by atoms with Gasteiger partial charge in [-0.1, -0.05) is 30.2 Å². The Kier molecular flexibility index (Phi) is 7.33. The standard InChI is InChI=1S/C32H36N6O/c1-19-7-8-24(12-20(2)11-19)28-9-10-33-32(36-28)34-27-15-22(4)31-25(16-27)17-29(35-31)30(39)14-21(3)13-26-18-38(6)37-23(26)5/h8-11,14-19,35H,7,12-13H2,1-6H3,(H,33,34,36)/b21-14-. The maximum absolute atomic E-state index is 13.1. The third-order valence-corrected chi connectivity index (χ3v) is 7.17. The number of nitrogens with zero attached hydrogens (tertiary/aromatic N) is 4. The Bertz CT molecular complexity index is 1650. The van der Waals surface area contributed by atoms with Crippen molar-refractivity contribution >= 4 is 33.9 Å². The highest BCUT2D eigenvalue weighted by atomic mass is 16.1. The summed E-state index contributed by atoms with van der Waals surface area (Å²) in [6.45, 7) is 10.4. The number of anilines is 2. The number of aryl methyl sites for hydroxylation is 3. The highest BCUT2D eigenvalue weighted by Crippen LogP contribution is 2.29. The normalized spacial score (nSPS) is 16.2. The number of allylic oxidation sites excluding steroid dienone is 6. The van der Waals surface area contributed by atoms with Crippen molar-refractivity contribution in [2.75, 3.05) is 5.32 Å². The zero-order valence-electron chi connectivity index (χ0n) is 23.6. The van der Waals surface area contributed by atoms with E-state index in [1.807, 2.05) is 52.2 Å². The number of carbonyl (C=O) groups excluding carboxylic acids is 1. The lowest BCUT2D eigenvalue weighted by Gasteiger charge is -2.10. The summed E-state index contributed by atoms with van der Waals surface area (Å²) in [6, 6.07) is 7.97. The van der Waals surface area contributed by atoms with Gasteiger partial charge in [-0.15, -0.1) is 0 Å². The Morgan fingerprint density at radius 1 is 1.23 bits per heavy atom. The van der Waals surface area contributed by atoms with Crippen molar-refractivity contribution in [3.63, 3.8) is 0 Å². The Labute approximate surface area is 229 Å². The van der Waals surface area contributed by atoms with Crippen molar-refractivity contribution in [3.8, 4) is 0 Å². The first kappa shape index (κ1) is 26.4. The fourth-order valence-corrected chi connectivity index (χ4v) is 5.34. The minimum absolute atomic E-state index is 0.0366. The third-order valence-electron chi connectivity index (χ3n) is 7.17. The summed E-state index contributed by atoms with van der Waals surface area (Å²) in [6.07, 6.45) is 12.8. The molecule has 0 aliphatic heterocycles. The van der Waals surface area contributed by atoms with Crippen molar-refractivity contribution < 1.29 is 4.79 Å². The maximum Gasteiger partial charge on any atom is 0.227 e. The fourth-order valence-electron chi connectivity index (χ4n) is 5.34. The van der Waals surface area contributed by atoms with E-state index < -0.39 is 0 Å². The van der Waals surface area contributed by atoms with Crippen LogP contribution in [0.25, 0.3) is 16.5 Å². The molecule has 1 aliphatic rings. The summed E-state index contributed by atoms with van der Waals surface area (Å²) < 4.78 is 1.81. The van der Waals surface area contributed by atoms with Gasteiger partial charge in [0.2, 0.25) is 11.7 Å². The maximum atomic E-state index is 13.1. The first-order chi connectivity index (χ1) is 18.6. The van der Waals surface area contributed by atoms with Crippen LogP contribution in [0.15, 0.2) is 66.0 Å². The van der Waals surface area contributed by atoms with E-state index in [-0.39, 0.29) is 5.78 Å². The van der Waals surface area contributed by atoms with Crippen LogP contribution >= 0.6 is 0 Å². The van der Waals surface area contributed by atoms with Gasteiger partial charge >= 0.3 is 0 Å². The topological polar surface area (TPSA) is 88.5 Å². The molecule has 0 saturated carbocycles. The van der Waals surface area contributed by atoms with E-state index in [9.17, 15) is 4.79 Å². The molecule has 1 aliphatic carbocycles. The zero-order valence-corrected chi connectivity index (χ0v) is 23.6. The second-order valence-corrected chi connectivity index (χ2v) is 10.9. The molecule has 0 amide bonds. The van der Waals surface area contributed by atoms with Crippen molar-refractivity contribution in [2.45, 2.75) is 53.9 Å². The van der Waals surface area contributed by atoms with Crippen molar-refractivity contribution in [3.05, 3.63) is 94.2 Å². The smallest absolute Gasteiger partial charge is 0.227 e. The van der Waals surface area contributed by atoms with Crippen molar-refractivity contribution in [2.24, 2.45) is 13.0 Å². The molecule has 0 radical (unpaired) electrons. The van der Waals surface area contributed by atoms with E-state index in [4.69, 9.17) is 4.98 Å². The molecule has 3 heterocycles. The van der Waals surface area contributed by atoms with E-state index in [1.165, 1.54) is 11.1 Å². The highest BCUT2D eigenvalue weighted by molar-refractivity contribution is 6.07. The lowest BCUT2D eigenvalue weighted by molar-refractivity contribution is 0.104. The van der Waals surface area contributed by atoms with Crippen LogP contribution in [0.3, 0.4) is 0 Å². The van der Waals surface area contributed by atoms with Gasteiger partial charge in [0.05, 0.1) is 17.1 Å². The molecular formula is C32H36N6O. The van der Waals surface area contributed by atoms with Gasteiger partial charge in [0, 0.05) is 36.0 Å².